The van der Waals surface area contributed by atoms with Crippen LogP contribution in [0.5, 0.6) is 0 Å². The Hall–Kier alpha value is -3.20. The lowest BCUT2D eigenvalue weighted by atomic mass is 9.85. The summed E-state index contributed by atoms with van der Waals surface area (Å²) in [6, 6.07) is 8.49. The van der Waals surface area contributed by atoms with E-state index in [0.717, 1.165) is 31.9 Å². The van der Waals surface area contributed by atoms with Crippen molar-refractivity contribution < 1.29 is 18.3 Å². The molecule has 1 saturated carbocycles. The second kappa shape index (κ2) is 9.45. The Morgan fingerprint density at radius 2 is 2.09 bits per heavy atom. The third kappa shape index (κ3) is 4.82. The molecule has 3 atom stereocenters. The number of sulfone groups is 1. The SMILES string of the molecule is COCC(C)(O)c1cc(Nc2nn([C@H]3CCCC[C@@H]3C#N)c3cc[nH]c(=O)c23)ccc1S(C)(=O)=O. The highest BCUT2D eigenvalue weighted by atomic mass is 32.2. The van der Waals surface area contributed by atoms with Crippen LogP contribution >= 0.6 is 0 Å². The van der Waals surface area contributed by atoms with Crippen LogP contribution in [0.1, 0.15) is 44.2 Å². The molecule has 186 valence electrons. The lowest BCUT2D eigenvalue weighted by Crippen LogP contribution is -2.29. The van der Waals surface area contributed by atoms with E-state index in [1.54, 1.807) is 23.0 Å². The van der Waals surface area contributed by atoms with Gasteiger partial charge in [-0.25, -0.2) is 8.42 Å². The number of pyridine rings is 1. The number of hydrogen-bond donors (Lipinski definition) is 3. The fraction of sp³-hybridized carbons (Fsp3) is 0.458. The van der Waals surface area contributed by atoms with Crippen molar-refractivity contribution in [1.82, 2.24) is 14.8 Å². The van der Waals surface area contributed by atoms with E-state index >= 15 is 0 Å². The number of fused-ring (bicyclic) bond motifs is 1. The van der Waals surface area contributed by atoms with Crippen LogP contribution in [-0.4, -0.2) is 48.3 Å². The number of nitrogens with one attached hydrogen (secondary N) is 2. The van der Waals surface area contributed by atoms with Crippen molar-refractivity contribution in [1.29, 1.82) is 5.26 Å². The predicted octanol–water partition coefficient (Wildman–Crippen LogP) is 2.98. The number of nitriles is 1. The fourth-order valence-corrected chi connectivity index (χ4v) is 5.84. The Morgan fingerprint density at radius 3 is 2.77 bits per heavy atom. The predicted molar refractivity (Wildman–Crippen MR) is 131 cm³/mol. The molecule has 3 N–H and O–H groups in total. The molecule has 1 aliphatic rings. The summed E-state index contributed by atoms with van der Waals surface area (Å²) in [5, 5.41) is 28.8. The van der Waals surface area contributed by atoms with Gasteiger partial charge in [0, 0.05) is 30.8 Å². The molecule has 1 fully saturated rings. The third-order valence-electron chi connectivity index (χ3n) is 6.49. The van der Waals surface area contributed by atoms with E-state index < -0.39 is 15.4 Å². The van der Waals surface area contributed by atoms with Crippen LogP contribution in [0.15, 0.2) is 40.2 Å². The van der Waals surface area contributed by atoms with E-state index in [-0.39, 0.29) is 40.4 Å². The molecule has 35 heavy (non-hydrogen) atoms. The molecular weight excluding hydrogens is 470 g/mol. The van der Waals surface area contributed by atoms with Crippen LogP contribution in [0.2, 0.25) is 0 Å². The number of aliphatic hydroxyl groups is 1. The summed E-state index contributed by atoms with van der Waals surface area (Å²) < 4.78 is 31.6. The number of rotatable bonds is 7. The zero-order valence-electron chi connectivity index (χ0n) is 19.9. The molecule has 1 unspecified atom stereocenters. The second-order valence-electron chi connectivity index (χ2n) is 9.26. The van der Waals surface area contributed by atoms with E-state index in [0.29, 0.717) is 16.6 Å². The third-order valence-corrected chi connectivity index (χ3v) is 7.64. The van der Waals surface area contributed by atoms with Gasteiger partial charge in [0.25, 0.3) is 5.56 Å². The number of nitrogens with zero attached hydrogens (tertiary/aromatic N) is 3. The number of benzene rings is 1. The van der Waals surface area contributed by atoms with Crippen molar-refractivity contribution >= 4 is 32.2 Å². The van der Waals surface area contributed by atoms with Crippen molar-refractivity contribution in [2.24, 2.45) is 5.92 Å². The lowest BCUT2D eigenvalue weighted by molar-refractivity contribution is -0.0227. The summed E-state index contributed by atoms with van der Waals surface area (Å²) in [4.78, 5) is 15.4. The Bertz CT molecular complexity index is 1450. The van der Waals surface area contributed by atoms with Crippen LogP contribution in [-0.2, 0) is 20.2 Å². The van der Waals surface area contributed by atoms with Crippen molar-refractivity contribution in [2.75, 3.05) is 25.3 Å². The molecule has 0 saturated heterocycles. The number of hydrogen-bond acceptors (Lipinski definition) is 8. The minimum absolute atomic E-state index is 0.0163. The van der Waals surface area contributed by atoms with Gasteiger partial charge in [-0.05, 0) is 44.0 Å². The molecule has 4 rings (SSSR count). The van der Waals surface area contributed by atoms with Crippen LogP contribution in [0.25, 0.3) is 10.9 Å². The minimum Gasteiger partial charge on any atom is -0.383 e. The molecule has 3 aromatic rings. The maximum Gasteiger partial charge on any atom is 0.261 e. The van der Waals surface area contributed by atoms with Crippen molar-refractivity contribution in [3.8, 4) is 6.07 Å². The summed E-state index contributed by atoms with van der Waals surface area (Å²) in [6.07, 6.45) is 6.15. The molecule has 0 radical (unpaired) electrons. The average Bonchev–Trinajstić information content (AvgIpc) is 3.17. The van der Waals surface area contributed by atoms with Gasteiger partial charge >= 0.3 is 0 Å². The highest BCUT2D eigenvalue weighted by molar-refractivity contribution is 7.90. The van der Waals surface area contributed by atoms with Crippen molar-refractivity contribution in [2.45, 2.75) is 49.1 Å². The zero-order chi connectivity index (χ0) is 25.4. The van der Waals surface area contributed by atoms with Gasteiger partial charge in [-0.3, -0.25) is 9.48 Å². The van der Waals surface area contributed by atoms with Gasteiger partial charge in [0.1, 0.15) is 11.0 Å². The molecule has 11 heteroatoms. The summed E-state index contributed by atoms with van der Waals surface area (Å²) in [6.45, 7) is 1.36. The van der Waals surface area contributed by atoms with Crippen molar-refractivity contribution in [3.05, 3.63) is 46.4 Å². The van der Waals surface area contributed by atoms with Crippen LogP contribution in [0.4, 0.5) is 11.5 Å². The maximum absolute atomic E-state index is 12.8. The van der Waals surface area contributed by atoms with E-state index in [4.69, 9.17) is 9.84 Å². The zero-order valence-corrected chi connectivity index (χ0v) is 20.7. The first-order chi connectivity index (χ1) is 16.6. The molecule has 0 aliphatic heterocycles. The van der Waals surface area contributed by atoms with Gasteiger partial charge in [0.15, 0.2) is 15.7 Å². The Labute approximate surface area is 203 Å². The van der Waals surface area contributed by atoms with Gasteiger partial charge in [0.2, 0.25) is 0 Å². The molecular formula is C24H29N5O5S. The number of methoxy groups -OCH3 is 1. The first-order valence-electron chi connectivity index (χ1n) is 11.4. The minimum atomic E-state index is -3.63. The van der Waals surface area contributed by atoms with E-state index in [9.17, 15) is 23.6 Å². The largest absolute Gasteiger partial charge is 0.383 e. The molecule has 0 spiro atoms. The molecule has 1 aliphatic carbocycles. The smallest absolute Gasteiger partial charge is 0.261 e. The summed E-state index contributed by atoms with van der Waals surface area (Å²) in [5.41, 5.74) is -0.686. The van der Waals surface area contributed by atoms with Crippen LogP contribution in [0.3, 0.4) is 0 Å². The lowest BCUT2D eigenvalue weighted by Gasteiger charge is -2.27. The van der Waals surface area contributed by atoms with Gasteiger partial charge < -0.3 is 20.1 Å². The maximum atomic E-state index is 12.8. The first kappa shape index (κ1) is 24.9. The highest BCUT2D eigenvalue weighted by Crippen LogP contribution is 2.37. The average molecular weight is 500 g/mol. The quantitative estimate of drug-likeness (QED) is 0.449. The van der Waals surface area contributed by atoms with Gasteiger partial charge in [-0.2, -0.15) is 10.4 Å². The number of H-pyrrole nitrogens is 1. The summed E-state index contributed by atoms with van der Waals surface area (Å²) in [5.74, 6) is 0.0809. The Kier molecular flexibility index (Phi) is 6.73. The summed E-state index contributed by atoms with van der Waals surface area (Å²) >= 11 is 0. The Balaban J connectivity index is 1.83. The van der Waals surface area contributed by atoms with Gasteiger partial charge in [-0.15, -0.1) is 0 Å². The molecule has 2 aromatic heterocycles. The fourth-order valence-electron chi connectivity index (χ4n) is 4.84. The number of ether oxygens (including phenoxy) is 1. The van der Waals surface area contributed by atoms with Crippen LogP contribution < -0.4 is 10.9 Å². The van der Waals surface area contributed by atoms with E-state index in [1.807, 2.05) is 0 Å². The normalized spacial score (nSPS) is 20.3. The molecule has 0 bridgehead atoms. The molecule has 0 amide bonds. The number of aromatic nitrogens is 3. The van der Waals surface area contributed by atoms with Gasteiger partial charge in [0.05, 0.1) is 35.0 Å². The number of aromatic amines is 1. The molecule has 1 aromatic carbocycles. The second-order valence-corrected chi connectivity index (χ2v) is 11.2. The van der Waals surface area contributed by atoms with E-state index in [2.05, 4.69) is 16.4 Å². The topological polar surface area (TPSA) is 150 Å². The first-order valence-corrected chi connectivity index (χ1v) is 13.3. The number of anilines is 2. The Morgan fingerprint density at radius 1 is 1.34 bits per heavy atom. The van der Waals surface area contributed by atoms with Gasteiger partial charge in [-0.1, -0.05) is 12.8 Å². The van der Waals surface area contributed by atoms with E-state index in [1.165, 1.54) is 26.2 Å². The van der Waals surface area contributed by atoms with Crippen LogP contribution in [0, 0.1) is 17.2 Å². The van der Waals surface area contributed by atoms with Crippen molar-refractivity contribution in [3.63, 3.8) is 0 Å². The summed E-state index contributed by atoms with van der Waals surface area (Å²) in [7, 11) is -2.22. The molecule has 2 heterocycles. The standard InChI is InChI=1S/C24H29N5O5S/c1-24(31,14-34-2)17-12-16(8-9-20(17)35(3,32)33)27-22-21-19(10-11-26-23(21)30)29(28-22)18-7-5-4-6-15(18)13-25/h8-12,15,18,31H,4-7,14H2,1-3H3,(H,26,30)(H,27,28)/t15-,18+,24?/m1/s1. The highest BCUT2D eigenvalue weighted by Gasteiger charge is 2.31. The molecule has 10 nitrogen and oxygen atoms in total. The monoisotopic (exact) mass is 499 g/mol.